The molecule has 0 aromatic heterocycles. The molecule has 0 unspecified atom stereocenters. The maximum Gasteiger partial charge on any atom is 0.0962 e. The van der Waals surface area contributed by atoms with E-state index in [0.717, 1.165) is 18.8 Å². The summed E-state index contributed by atoms with van der Waals surface area (Å²) in [5.41, 5.74) is 8.95. The molecule has 3 nitrogen and oxygen atoms in total. The van der Waals surface area contributed by atoms with Gasteiger partial charge in [0.25, 0.3) is 0 Å². The Morgan fingerprint density at radius 3 is 2.83 bits per heavy atom. The lowest BCUT2D eigenvalue weighted by Crippen LogP contribution is -2.16. The highest BCUT2D eigenvalue weighted by Crippen LogP contribution is 2.23. The summed E-state index contributed by atoms with van der Waals surface area (Å²) in [6.45, 7) is 1.78. The minimum absolute atomic E-state index is 0.120. The normalized spacial score (nSPS) is 16.4. The molecule has 0 bridgehead atoms. The van der Waals surface area contributed by atoms with Crippen molar-refractivity contribution in [2.45, 2.75) is 13.1 Å². The zero-order chi connectivity index (χ0) is 8.55. The fraction of sp³-hybridized carbons (Fsp3) is 0.333. The summed E-state index contributed by atoms with van der Waals surface area (Å²) in [6.07, 6.45) is 0. The van der Waals surface area contributed by atoms with Gasteiger partial charge in [-0.05, 0) is 23.3 Å². The van der Waals surface area contributed by atoms with Crippen molar-refractivity contribution >= 4 is 5.69 Å². The molecule has 0 atom stereocenters. The van der Waals surface area contributed by atoms with Crippen LogP contribution in [0.2, 0.25) is 0 Å². The molecule has 0 aliphatic carbocycles. The summed E-state index contributed by atoms with van der Waals surface area (Å²) in [5, 5.41) is 8.90. The van der Waals surface area contributed by atoms with Crippen molar-refractivity contribution in [3.63, 3.8) is 0 Å². The third kappa shape index (κ3) is 1.17. The van der Waals surface area contributed by atoms with Crippen LogP contribution >= 0.6 is 0 Å². The van der Waals surface area contributed by atoms with Crippen molar-refractivity contribution in [3.05, 3.63) is 29.3 Å². The molecule has 0 fully saturated rings. The summed E-state index contributed by atoms with van der Waals surface area (Å²) >= 11 is 0. The van der Waals surface area contributed by atoms with Gasteiger partial charge < -0.3 is 10.8 Å². The lowest BCUT2D eigenvalue weighted by molar-refractivity contribution is 0.106. The van der Waals surface area contributed by atoms with Crippen LogP contribution in [-0.2, 0) is 13.1 Å². The van der Waals surface area contributed by atoms with E-state index in [2.05, 4.69) is 0 Å². The summed E-state index contributed by atoms with van der Waals surface area (Å²) in [4.78, 5) is 1.96. The average Bonchev–Trinajstić information content (AvgIpc) is 2.46. The number of hydrogen-bond donors (Lipinski definition) is 2. The fourth-order valence-corrected chi connectivity index (χ4v) is 1.58. The second-order valence-electron chi connectivity index (χ2n) is 3.16. The number of hydrogen-bond acceptors (Lipinski definition) is 3. The molecule has 1 aliphatic rings. The van der Waals surface area contributed by atoms with Crippen LogP contribution < -0.4 is 5.73 Å². The maximum atomic E-state index is 8.90. The van der Waals surface area contributed by atoms with Crippen molar-refractivity contribution in [2.75, 3.05) is 12.5 Å². The van der Waals surface area contributed by atoms with Crippen LogP contribution in [0.3, 0.4) is 0 Å². The van der Waals surface area contributed by atoms with Gasteiger partial charge in [-0.15, -0.1) is 0 Å². The molecular weight excluding hydrogens is 152 g/mol. The Bertz CT molecular complexity index is 299. The first-order chi connectivity index (χ1) is 5.79. The molecule has 1 aromatic carbocycles. The second kappa shape index (κ2) is 2.77. The Balaban J connectivity index is 2.30. The predicted molar refractivity (Wildman–Crippen MR) is 47.2 cm³/mol. The van der Waals surface area contributed by atoms with E-state index in [1.807, 2.05) is 23.1 Å². The van der Waals surface area contributed by atoms with Crippen molar-refractivity contribution in [1.29, 1.82) is 0 Å². The first-order valence-corrected chi connectivity index (χ1v) is 4.00. The van der Waals surface area contributed by atoms with E-state index >= 15 is 0 Å². The van der Waals surface area contributed by atoms with Gasteiger partial charge >= 0.3 is 0 Å². The maximum absolute atomic E-state index is 8.90. The summed E-state index contributed by atoms with van der Waals surface area (Å²) < 4.78 is 0. The van der Waals surface area contributed by atoms with Gasteiger partial charge in [0.05, 0.1) is 6.73 Å². The van der Waals surface area contributed by atoms with Gasteiger partial charge in [0.1, 0.15) is 0 Å². The molecule has 12 heavy (non-hydrogen) atoms. The van der Waals surface area contributed by atoms with Gasteiger partial charge in [-0.1, -0.05) is 6.07 Å². The fourth-order valence-electron chi connectivity index (χ4n) is 1.58. The quantitative estimate of drug-likeness (QED) is 0.595. The van der Waals surface area contributed by atoms with Crippen molar-refractivity contribution in [3.8, 4) is 0 Å². The summed E-state index contributed by atoms with van der Waals surface area (Å²) in [5.74, 6) is 0. The molecule has 1 aromatic rings. The lowest BCUT2D eigenvalue weighted by Gasteiger charge is -2.08. The van der Waals surface area contributed by atoms with Crippen LogP contribution in [-0.4, -0.2) is 16.7 Å². The van der Waals surface area contributed by atoms with Crippen LogP contribution in [0.5, 0.6) is 0 Å². The zero-order valence-corrected chi connectivity index (χ0v) is 6.83. The molecule has 0 saturated heterocycles. The summed E-state index contributed by atoms with van der Waals surface area (Å²) in [7, 11) is 0. The monoisotopic (exact) mass is 164 g/mol. The Morgan fingerprint density at radius 2 is 2.08 bits per heavy atom. The number of fused-ring (bicyclic) bond motifs is 1. The Labute approximate surface area is 71.4 Å². The number of nitrogens with two attached hydrogens (primary N) is 1. The van der Waals surface area contributed by atoms with E-state index in [9.17, 15) is 0 Å². The van der Waals surface area contributed by atoms with E-state index in [1.165, 1.54) is 11.1 Å². The largest absolute Gasteiger partial charge is 0.399 e. The van der Waals surface area contributed by atoms with E-state index in [1.54, 1.807) is 0 Å². The number of aliphatic hydroxyl groups is 1. The third-order valence-electron chi connectivity index (χ3n) is 2.22. The molecule has 3 heteroatoms. The molecule has 1 heterocycles. The van der Waals surface area contributed by atoms with E-state index in [4.69, 9.17) is 10.8 Å². The Morgan fingerprint density at radius 1 is 1.33 bits per heavy atom. The van der Waals surface area contributed by atoms with E-state index in [0.29, 0.717) is 0 Å². The highest BCUT2D eigenvalue weighted by atomic mass is 16.3. The predicted octanol–water partition coefficient (Wildman–Crippen LogP) is 0.534. The van der Waals surface area contributed by atoms with Gasteiger partial charge in [-0.25, -0.2) is 0 Å². The number of benzene rings is 1. The van der Waals surface area contributed by atoms with Crippen molar-refractivity contribution < 1.29 is 5.11 Å². The first-order valence-electron chi connectivity index (χ1n) is 4.00. The Hall–Kier alpha value is -1.06. The molecule has 0 amide bonds. The zero-order valence-electron chi connectivity index (χ0n) is 6.83. The average molecular weight is 164 g/mol. The SMILES string of the molecule is Nc1ccc2c(c1)CN(CO)C2. The van der Waals surface area contributed by atoms with Gasteiger partial charge in [0.15, 0.2) is 0 Å². The molecule has 1 aliphatic heterocycles. The molecule has 0 radical (unpaired) electrons. The smallest absolute Gasteiger partial charge is 0.0962 e. The topological polar surface area (TPSA) is 49.5 Å². The van der Waals surface area contributed by atoms with Gasteiger partial charge in [-0.2, -0.15) is 0 Å². The number of rotatable bonds is 1. The van der Waals surface area contributed by atoms with Gasteiger partial charge in [0.2, 0.25) is 0 Å². The van der Waals surface area contributed by atoms with Crippen LogP contribution in [0.1, 0.15) is 11.1 Å². The Kier molecular flexibility index (Phi) is 1.75. The molecule has 3 N–H and O–H groups in total. The highest BCUT2D eigenvalue weighted by molar-refractivity contribution is 5.46. The number of nitrogen functional groups attached to an aromatic ring is 1. The minimum atomic E-state index is 0.120. The molecule has 0 saturated carbocycles. The van der Waals surface area contributed by atoms with Crippen LogP contribution in [0, 0.1) is 0 Å². The van der Waals surface area contributed by atoms with Gasteiger partial charge in [0, 0.05) is 18.8 Å². The van der Waals surface area contributed by atoms with Gasteiger partial charge in [-0.3, -0.25) is 4.90 Å². The number of anilines is 1. The molecular formula is C9H12N2O. The van der Waals surface area contributed by atoms with E-state index < -0.39 is 0 Å². The van der Waals surface area contributed by atoms with Crippen LogP contribution in [0.4, 0.5) is 5.69 Å². The van der Waals surface area contributed by atoms with E-state index in [-0.39, 0.29) is 6.73 Å². The molecule has 2 rings (SSSR count). The highest BCUT2D eigenvalue weighted by Gasteiger charge is 2.17. The second-order valence-corrected chi connectivity index (χ2v) is 3.16. The number of aliphatic hydroxyl groups excluding tert-OH is 1. The van der Waals surface area contributed by atoms with Crippen LogP contribution in [0.15, 0.2) is 18.2 Å². The summed E-state index contributed by atoms with van der Waals surface area (Å²) in [6, 6.07) is 5.91. The first kappa shape index (κ1) is 7.58. The van der Waals surface area contributed by atoms with Crippen molar-refractivity contribution in [2.24, 2.45) is 0 Å². The molecule has 0 spiro atoms. The molecule has 64 valence electrons. The third-order valence-corrected chi connectivity index (χ3v) is 2.22. The number of nitrogens with zero attached hydrogens (tertiary/aromatic N) is 1. The lowest BCUT2D eigenvalue weighted by atomic mass is 10.1. The van der Waals surface area contributed by atoms with Crippen LogP contribution in [0.25, 0.3) is 0 Å². The minimum Gasteiger partial charge on any atom is -0.399 e. The standard InChI is InChI=1S/C9H12N2O/c10-9-2-1-7-4-11(6-12)5-8(7)3-9/h1-3,12H,4-6,10H2. The van der Waals surface area contributed by atoms with Crippen molar-refractivity contribution in [1.82, 2.24) is 4.90 Å².